The van der Waals surface area contributed by atoms with Crippen molar-refractivity contribution in [2.75, 3.05) is 5.32 Å². The summed E-state index contributed by atoms with van der Waals surface area (Å²) < 4.78 is 4.99. The van der Waals surface area contributed by atoms with Gasteiger partial charge in [-0.3, -0.25) is 9.59 Å². The lowest BCUT2D eigenvalue weighted by Gasteiger charge is -2.04. The van der Waals surface area contributed by atoms with Crippen LogP contribution in [0.15, 0.2) is 41.0 Å². The van der Waals surface area contributed by atoms with Crippen LogP contribution >= 0.6 is 11.6 Å². The first kappa shape index (κ1) is 13.2. The number of halogens is 1. The summed E-state index contributed by atoms with van der Waals surface area (Å²) in [6, 6.07) is 8.02. The molecule has 2 N–H and O–H groups in total. The third kappa shape index (κ3) is 3.35. The zero-order valence-electron chi connectivity index (χ0n) is 9.72. The van der Waals surface area contributed by atoms with Crippen LogP contribution in [0.25, 0.3) is 0 Å². The first-order chi connectivity index (χ1) is 9.06. The Morgan fingerprint density at radius 2 is 1.89 bits per heavy atom. The quantitative estimate of drug-likeness (QED) is 0.902. The van der Waals surface area contributed by atoms with E-state index in [1.54, 1.807) is 24.3 Å². The fraction of sp³-hybridized carbons (Fsp3) is 0.0769. The summed E-state index contributed by atoms with van der Waals surface area (Å²) >= 11 is 5.74. The van der Waals surface area contributed by atoms with Crippen molar-refractivity contribution in [2.45, 2.75) is 6.42 Å². The maximum atomic E-state index is 12.0. The Balaban J connectivity index is 2.14. The Kier molecular flexibility index (Phi) is 3.87. The smallest absolute Gasteiger partial charge is 0.311 e. The molecule has 0 saturated carbocycles. The minimum Gasteiger partial charge on any atom is -0.481 e. The van der Waals surface area contributed by atoms with Crippen molar-refractivity contribution in [2.24, 2.45) is 0 Å². The molecule has 5 nitrogen and oxygen atoms in total. The molecule has 0 aliphatic rings. The molecule has 19 heavy (non-hydrogen) atoms. The van der Waals surface area contributed by atoms with Crippen LogP contribution in [-0.2, 0) is 11.2 Å². The van der Waals surface area contributed by atoms with Gasteiger partial charge in [-0.1, -0.05) is 11.6 Å². The fourth-order valence-corrected chi connectivity index (χ4v) is 1.67. The number of benzene rings is 1. The van der Waals surface area contributed by atoms with E-state index in [0.29, 0.717) is 10.7 Å². The molecule has 1 amide bonds. The Morgan fingerprint density at radius 3 is 2.53 bits per heavy atom. The number of amides is 1. The van der Waals surface area contributed by atoms with Crippen molar-refractivity contribution in [3.8, 4) is 0 Å². The predicted molar refractivity (Wildman–Crippen MR) is 69.5 cm³/mol. The van der Waals surface area contributed by atoms with Gasteiger partial charge in [-0.25, -0.2) is 0 Å². The Labute approximate surface area is 113 Å². The van der Waals surface area contributed by atoms with Gasteiger partial charge in [0.05, 0.1) is 11.8 Å². The van der Waals surface area contributed by atoms with E-state index in [1.807, 2.05) is 0 Å². The number of aliphatic carboxylic acids is 1. The van der Waals surface area contributed by atoms with Gasteiger partial charge < -0.3 is 14.8 Å². The summed E-state index contributed by atoms with van der Waals surface area (Å²) in [7, 11) is 0. The third-order valence-electron chi connectivity index (χ3n) is 2.40. The molecule has 2 aromatic rings. The highest BCUT2D eigenvalue weighted by molar-refractivity contribution is 6.30. The third-order valence-corrected chi connectivity index (χ3v) is 2.66. The molecule has 0 fully saturated rings. The number of hydrogen-bond donors (Lipinski definition) is 2. The second kappa shape index (κ2) is 5.58. The standard InChI is InChI=1S/C13H10ClNO4/c14-8-1-3-9(4-2-8)15-13(18)10-5-6-19-11(10)7-12(16)17/h1-6H,7H2,(H,15,18)(H,16,17). The van der Waals surface area contributed by atoms with E-state index in [9.17, 15) is 9.59 Å². The molecule has 0 unspecified atom stereocenters. The van der Waals surface area contributed by atoms with Crippen LogP contribution < -0.4 is 5.32 Å². The van der Waals surface area contributed by atoms with Gasteiger partial charge in [0.15, 0.2) is 0 Å². The fourth-order valence-electron chi connectivity index (χ4n) is 1.55. The van der Waals surface area contributed by atoms with Crippen LogP contribution in [-0.4, -0.2) is 17.0 Å². The summed E-state index contributed by atoms with van der Waals surface area (Å²) in [6.07, 6.45) is 0.950. The van der Waals surface area contributed by atoms with E-state index in [1.165, 1.54) is 12.3 Å². The number of anilines is 1. The van der Waals surface area contributed by atoms with E-state index in [4.69, 9.17) is 21.1 Å². The van der Waals surface area contributed by atoms with Gasteiger partial charge in [0.25, 0.3) is 5.91 Å². The molecule has 0 aliphatic heterocycles. The Morgan fingerprint density at radius 1 is 1.21 bits per heavy atom. The minimum atomic E-state index is -1.06. The number of rotatable bonds is 4. The highest BCUT2D eigenvalue weighted by atomic mass is 35.5. The van der Waals surface area contributed by atoms with Crippen LogP contribution in [0.2, 0.25) is 5.02 Å². The van der Waals surface area contributed by atoms with E-state index in [-0.39, 0.29) is 17.7 Å². The summed E-state index contributed by atoms with van der Waals surface area (Å²) in [5, 5.41) is 11.9. The van der Waals surface area contributed by atoms with Crippen LogP contribution in [0.1, 0.15) is 16.1 Å². The van der Waals surface area contributed by atoms with Crippen molar-refractivity contribution in [1.29, 1.82) is 0 Å². The number of furan rings is 1. The molecule has 0 aliphatic carbocycles. The van der Waals surface area contributed by atoms with Crippen molar-refractivity contribution in [3.63, 3.8) is 0 Å². The first-order valence-electron chi connectivity index (χ1n) is 5.41. The molecule has 0 saturated heterocycles. The molecule has 6 heteroatoms. The summed E-state index contributed by atoms with van der Waals surface area (Å²) in [4.78, 5) is 22.6. The zero-order valence-corrected chi connectivity index (χ0v) is 10.5. The topological polar surface area (TPSA) is 79.5 Å². The largest absolute Gasteiger partial charge is 0.481 e. The molecule has 2 rings (SSSR count). The van der Waals surface area contributed by atoms with Gasteiger partial charge in [0, 0.05) is 10.7 Å². The molecule has 0 bridgehead atoms. The summed E-state index contributed by atoms with van der Waals surface area (Å²) in [5.41, 5.74) is 0.772. The molecule has 0 spiro atoms. The van der Waals surface area contributed by atoms with Gasteiger partial charge in [0.2, 0.25) is 0 Å². The van der Waals surface area contributed by atoms with Crippen LogP contribution in [0.4, 0.5) is 5.69 Å². The molecule has 1 aromatic carbocycles. The highest BCUT2D eigenvalue weighted by Crippen LogP contribution is 2.17. The number of carboxylic acid groups (broad SMARTS) is 1. The average Bonchev–Trinajstić information content (AvgIpc) is 2.79. The molecular formula is C13H10ClNO4. The van der Waals surface area contributed by atoms with Gasteiger partial charge in [-0.2, -0.15) is 0 Å². The first-order valence-corrected chi connectivity index (χ1v) is 5.79. The lowest BCUT2D eigenvalue weighted by atomic mass is 10.2. The predicted octanol–water partition coefficient (Wildman–Crippen LogP) is 2.81. The number of hydrogen-bond acceptors (Lipinski definition) is 3. The second-order valence-electron chi connectivity index (χ2n) is 3.79. The highest BCUT2D eigenvalue weighted by Gasteiger charge is 2.17. The van der Waals surface area contributed by atoms with Crippen molar-refractivity contribution in [3.05, 3.63) is 52.9 Å². The van der Waals surface area contributed by atoms with Crippen molar-refractivity contribution < 1.29 is 19.1 Å². The SMILES string of the molecule is O=C(O)Cc1occc1C(=O)Nc1ccc(Cl)cc1. The number of carboxylic acids is 1. The Hall–Kier alpha value is -2.27. The van der Waals surface area contributed by atoms with Crippen LogP contribution in [0.3, 0.4) is 0 Å². The Bertz CT molecular complexity index is 603. The van der Waals surface area contributed by atoms with Crippen molar-refractivity contribution in [1.82, 2.24) is 0 Å². The monoisotopic (exact) mass is 279 g/mol. The summed E-state index contributed by atoms with van der Waals surface area (Å²) in [6.45, 7) is 0. The maximum Gasteiger partial charge on any atom is 0.311 e. The van der Waals surface area contributed by atoms with Crippen LogP contribution in [0.5, 0.6) is 0 Å². The van der Waals surface area contributed by atoms with Crippen LogP contribution in [0, 0.1) is 0 Å². The maximum absolute atomic E-state index is 12.0. The van der Waals surface area contributed by atoms with E-state index < -0.39 is 11.9 Å². The van der Waals surface area contributed by atoms with Gasteiger partial charge in [0.1, 0.15) is 12.2 Å². The van der Waals surface area contributed by atoms with Gasteiger partial charge in [-0.15, -0.1) is 0 Å². The van der Waals surface area contributed by atoms with Gasteiger partial charge >= 0.3 is 5.97 Å². The van der Waals surface area contributed by atoms with Crippen molar-refractivity contribution >= 4 is 29.2 Å². The summed E-state index contributed by atoms with van der Waals surface area (Å²) in [5.74, 6) is -1.36. The molecule has 1 heterocycles. The molecule has 0 atom stereocenters. The number of carbonyl (C=O) groups excluding carboxylic acids is 1. The number of nitrogens with one attached hydrogen (secondary N) is 1. The minimum absolute atomic E-state index is 0.124. The lowest BCUT2D eigenvalue weighted by molar-refractivity contribution is -0.136. The average molecular weight is 280 g/mol. The zero-order chi connectivity index (χ0) is 13.8. The molecule has 98 valence electrons. The molecule has 0 radical (unpaired) electrons. The molecular weight excluding hydrogens is 270 g/mol. The number of carbonyl (C=O) groups is 2. The van der Waals surface area contributed by atoms with E-state index in [0.717, 1.165) is 0 Å². The van der Waals surface area contributed by atoms with E-state index in [2.05, 4.69) is 5.32 Å². The van der Waals surface area contributed by atoms with Gasteiger partial charge in [-0.05, 0) is 30.3 Å². The normalized spacial score (nSPS) is 10.2. The second-order valence-corrected chi connectivity index (χ2v) is 4.23. The van der Waals surface area contributed by atoms with E-state index >= 15 is 0 Å². The lowest BCUT2D eigenvalue weighted by Crippen LogP contribution is -2.14. The molecule has 1 aromatic heterocycles.